The summed E-state index contributed by atoms with van der Waals surface area (Å²) in [5, 5.41) is 0. The summed E-state index contributed by atoms with van der Waals surface area (Å²) in [6, 6.07) is 0. The van der Waals surface area contributed by atoms with E-state index in [-0.39, 0.29) is 12.0 Å². The van der Waals surface area contributed by atoms with Gasteiger partial charge in [0.1, 0.15) is 6.17 Å². The average molecular weight is 118 g/mol. The van der Waals surface area contributed by atoms with E-state index in [0.29, 0.717) is 6.61 Å². The Hall–Kier alpha value is -0.110. The lowest BCUT2D eigenvalue weighted by Crippen LogP contribution is -2.13. The summed E-state index contributed by atoms with van der Waals surface area (Å²) in [4.78, 5) is 0. The molecule has 1 nitrogen and oxygen atoms in total. The number of hydrogen-bond acceptors (Lipinski definition) is 1. The van der Waals surface area contributed by atoms with E-state index in [9.17, 15) is 4.39 Å². The van der Waals surface area contributed by atoms with Crippen LogP contribution in [0.15, 0.2) is 0 Å². The number of hydrogen-bond donors (Lipinski definition) is 0. The molecule has 8 heavy (non-hydrogen) atoms. The summed E-state index contributed by atoms with van der Waals surface area (Å²) in [5.74, 6) is 0.0926. The minimum atomic E-state index is -0.731. The van der Waals surface area contributed by atoms with Crippen molar-refractivity contribution in [2.24, 2.45) is 5.92 Å². The average Bonchev–Trinajstić information content (AvgIpc) is 1.98. The van der Waals surface area contributed by atoms with Gasteiger partial charge in [0.05, 0.1) is 12.7 Å². The van der Waals surface area contributed by atoms with E-state index in [1.54, 1.807) is 0 Å². The van der Waals surface area contributed by atoms with Crippen LogP contribution in [0.4, 0.5) is 4.39 Å². The summed E-state index contributed by atoms with van der Waals surface area (Å²) in [5.41, 5.74) is 0. The van der Waals surface area contributed by atoms with Crippen LogP contribution in [0.2, 0.25) is 0 Å². The first-order chi connectivity index (χ1) is 3.72. The van der Waals surface area contributed by atoms with Crippen molar-refractivity contribution in [1.29, 1.82) is 0 Å². The Labute approximate surface area is 48.8 Å². The third-order valence-corrected chi connectivity index (χ3v) is 1.83. The quantitative estimate of drug-likeness (QED) is 0.467. The Morgan fingerprint density at radius 1 is 1.50 bits per heavy atom. The van der Waals surface area contributed by atoms with E-state index < -0.39 is 6.17 Å². The largest absolute Gasteiger partial charge is 0.375 e. The number of halogens is 1. The summed E-state index contributed by atoms with van der Waals surface area (Å²) in [6.45, 7) is 4.08. The molecule has 0 aliphatic carbocycles. The van der Waals surface area contributed by atoms with E-state index >= 15 is 0 Å². The molecule has 0 aromatic rings. The van der Waals surface area contributed by atoms with Gasteiger partial charge >= 0.3 is 0 Å². The molecule has 1 fully saturated rings. The first-order valence-electron chi connectivity index (χ1n) is 2.97. The standard InChI is InChI=1S/C6H11FO/c1-4-5(2)8-3-6(4)7/h4-6H,3H2,1-2H3. The SMILES string of the molecule is CC1OCC(F)C1C. The Morgan fingerprint density at radius 2 is 2.12 bits per heavy atom. The predicted octanol–water partition coefficient (Wildman–Crippen LogP) is 1.38. The van der Waals surface area contributed by atoms with Crippen LogP contribution in [0.3, 0.4) is 0 Å². The van der Waals surface area contributed by atoms with Crippen molar-refractivity contribution < 1.29 is 9.13 Å². The monoisotopic (exact) mass is 118 g/mol. The Morgan fingerprint density at radius 3 is 2.25 bits per heavy atom. The molecule has 0 bridgehead atoms. The van der Waals surface area contributed by atoms with Gasteiger partial charge in [-0.05, 0) is 6.92 Å². The van der Waals surface area contributed by atoms with E-state index in [1.807, 2.05) is 13.8 Å². The van der Waals surface area contributed by atoms with Crippen LogP contribution >= 0.6 is 0 Å². The van der Waals surface area contributed by atoms with Gasteiger partial charge < -0.3 is 4.74 Å². The normalized spacial score (nSPS) is 47.6. The topological polar surface area (TPSA) is 9.23 Å². The third kappa shape index (κ3) is 0.848. The smallest absolute Gasteiger partial charge is 0.128 e. The van der Waals surface area contributed by atoms with Crippen LogP contribution in [0.25, 0.3) is 0 Å². The third-order valence-electron chi connectivity index (χ3n) is 1.83. The maximum absolute atomic E-state index is 12.4. The van der Waals surface area contributed by atoms with Gasteiger partial charge in [-0.2, -0.15) is 0 Å². The van der Waals surface area contributed by atoms with Crippen molar-refractivity contribution in [3.8, 4) is 0 Å². The van der Waals surface area contributed by atoms with Gasteiger partial charge in [-0.15, -0.1) is 0 Å². The number of alkyl halides is 1. The lowest BCUT2D eigenvalue weighted by molar-refractivity contribution is 0.106. The molecule has 1 heterocycles. The molecule has 1 rings (SSSR count). The minimum absolute atomic E-state index is 0.0926. The second-order valence-corrected chi connectivity index (χ2v) is 2.41. The first kappa shape index (κ1) is 6.02. The molecule has 0 aromatic carbocycles. The van der Waals surface area contributed by atoms with E-state index in [0.717, 1.165) is 0 Å². The van der Waals surface area contributed by atoms with Crippen molar-refractivity contribution >= 4 is 0 Å². The molecule has 2 heteroatoms. The molecule has 1 saturated heterocycles. The van der Waals surface area contributed by atoms with Crippen LogP contribution < -0.4 is 0 Å². The summed E-state index contributed by atoms with van der Waals surface area (Å²) < 4.78 is 17.4. The number of rotatable bonds is 0. The van der Waals surface area contributed by atoms with E-state index in [4.69, 9.17) is 4.74 Å². The molecule has 1 aliphatic rings. The molecule has 1 aliphatic heterocycles. The maximum atomic E-state index is 12.4. The Balaban J connectivity index is 2.44. The fourth-order valence-corrected chi connectivity index (χ4v) is 0.841. The molecule has 48 valence electrons. The highest BCUT2D eigenvalue weighted by Gasteiger charge is 2.30. The highest BCUT2D eigenvalue weighted by molar-refractivity contribution is 4.76. The molecular formula is C6H11FO. The van der Waals surface area contributed by atoms with Crippen molar-refractivity contribution in [1.82, 2.24) is 0 Å². The Kier molecular flexibility index (Phi) is 1.52. The molecule has 0 N–H and O–H groups in total. The Bertz CT molecular complexity index is 74.6. The minimum Gasteiger partial charge on any atom is -0.375 e. The van der Waals surface area contributed by atoms with Crippen LogP contribution in [-0.4, -0.2) is 18.9 Å². The van der Waals surface area contributed by atoms with Crippen molar-refractivity contribution in [2.75, 3.05) is 6.61 Å². The fraction of sp³-hybridized carbons (Fsp3) is 1.00. The second kappa shape index (κ2) is 2.02. The van der Waals surface area contributed by atoms with Gasteiger partial charge in [0.25, 0.3) is 0 Å². The summed E-state index contributed by atoms with van der Waals surface area (Å²) in [6.07, 6.45) is -0.616. The van der Waals surface area contributed by atoms with Gasteiger partial charge in [0, 0.05) is 5.92 Å². The summed E-state index contributed by atoms with van der Waals surface area (Å²) >= 11 is 0. The van der Waals surface area contributed by atoms with E-state index in [1.165, 1.54) is 0 Å². The number of ether oxygens (including phenoxy) is 1. The van der Waals surface area contributed by atoms with Gasteiger partial charge in [-0.1, -0.05) is 6.92 Å². The van der Waals surface area contributed by atoms with Gasteiger partial charge in [0.15, 0.2) is 0 Å². The summed E-state index contributed by atoms with van der Waals surface area (Å²) in [7, 11) is 0. The van der Waals surface area contributed by atoms with Crippen LogP contribution in [0.1, 0.15) is 13.8 Å². The molecule has 0 spiro atoms. The molecule has 0 saturated carbocycles. The van der Waals surface area contributed by atoms with Crippen LogP contribution in [-0.2, 0) is 4.74 Å². The highest BCUT2D eigenvalue weighted by atomic mass is 19.1. The van der Waals surface area contributed by atoms with Crippen molar-refractivity contribution in [3.05, 3.63) is 0 Å². The van der Waals surface area contributed by atoms with Crippen molar-refractivity contribution in [2.45, 2.75) is 26.1 Å². The lowest BCUT2D eigenvalue weighted by Gasteiger charge is -2.06. The van der Waals surface area contributed by atoms with Crippen LogP contribution in [0, 0.1) is 5.92 Å². The lowest BCUT2D eigenvalue weighted by atomic mass is 10.0. The highest BCUT2D eigenvalue weighted by Crippen LogP contribution is 2.22. The van der Waals surface area contributed by atoms with E-state index in [2.05, 4.69) is 0 Å². The molecule has 0 amide bonds. The molecular weight excluding hydrogens is 107 g/mol. The van der Waals surface area contributed by atoms with Gasteiger partial charge in [-0.25, -0.2) is 4.39 Å². The zero-order valence-electron chi connectivity index (χ0n) is 5.23. The van der Waals surface area contributed by atoms with Gasteiger partial charge in [-0.3, -0.25) is 0 Å². The zero-order valence-corrected chi connectivity index (χ0v) is 5.23. The maximum Gasteiger partial charge on any atom is 0.128 e. The predicted molar refractivity (Wildman–Crippen MR) is 29.5 cm³/mol. The van der Waals surface area contributed by atoms with Crippen LogP contribution in [0.5, 0.6) is 0 Å². The molecule has 3 unspecified atom stereocenters. The zero-order chi connectivity index (χ0) is 6.15. The first-order valence-corrected chi connectivity index (χ1v) is 2.97. The van der Waals surface area contributed by atoms with Gasteiger partial charge in [0.2, 0.25) is 0 Å². The van der Waals surface area contributed by atoms with Crippen molar-refractivity contribution in [3.63, 3.8) is 0 Å². The molecule has 0 radical (unpaired) electrons. The fourth-order valence-electron chi connectivity index (χ4n) is 0.841. The second-order valence-electron chi connectivity index (χ2n) is 2.41. The molecule has 0 aromatic heterocycles. The molecule has 3 atom stereocenters.